The fourth-order valence-electron chi connectivity index (χ4n) is 1.29. The number of rotatable bonds is 3. The minimum absolute atomic E-state index is 0.0300. The van der Waals surface area contributed by atoms with Crippen LogP contribution < -0.4 is 0 Å². The Morgan fingerprint density at radius 2 is 2.21 bits per heavy atom. The molecule has 1 saturated heterocycles. The molecule has 0 aliphatic carbocycles. The van der Waals surface area contributed by atoms with Crippen molar-refractivity contribution in [3.63, 3.8) is 0 Å². The summed E-state index contributed by atoms with van der Waals surface area (Å²) >= 11 is 1.06. The highest BCUT2D eigenvalue weighted by molar-refractivity contribution is 8.00. The van der Waals surface area contributed by atoms with Crippen LogP contribution in [-0.2, 0) is 14.3 Å². The summed E-state index contributed by atoms with van der Waals surface area (Å²) in [4.78, 5) is 0. The molecule has 0 saturated carbocycles. The maximum atomic E-state index is 10.7. The maximum absolute atomic E-state index is 10.7. The molecular weight excluding hydrogens is 228 g/mol. The van der Waals surface area contributed by atoms with Crippen LogP contribution in [0.2, 0.25) is 0 Å². The standard InChI is InChI=1S/C7H14O5S2/c1-14(10,11)12-5-6-2-3-13-7(8,9)4-6/h6,8-9H,2-5H2,1H3. The summed E-state index contributed by atoms with van der Waals surface area (Å²) in [6, 6.07) is 0. The molecule has 7 heteroatoms. The summed E-state index contributed by atoms with van der Waals surface area (Å²) in [5.41, 5.74) is 0. The summed E-state index contributed by atoms with van der Waals surface area (Å²) in [7, 11) is -3.43. The molecule has 0 amide bonds. The molecule has 1 aliphatic heterocycles. The van der Waals surface area contributed by atoms with Gasteiger partial charge in [-0.2, -0.15) is 8.42 Å². The number of aliphatic hydroxyl groups is 2. The predicted octanol–water partition coefficient (Wildman–Crippen LogP) is -0.256. The van der Waals surface area contributed by atoms with Crippen LogP contribution in [0.4, 0.5) is 0 Å². The summed E-state index contributed by atoms with van der Waals surface area (Å²) in [6.07, 6.45) is 1.87. The van der Waals surface area contributed by atoms with Crippen molar-refractivity contribution in [2.45, 2.75) is 18.0 Å². The highest BCUT2D eigenvalue weighted by Crippen LogP contribution is 2.35. The van der Waals surface area contributed by atoms with Crippen molar-refractivity contribution < 1.29 is 22.8 Å². The molecular formula is C7H14O5S2. The smallest absolute Gasteiger partial charge is 0.264 e. The molecule has 84 valence electrons. The first kappa shape index (κ1) is 12.3. The number of hydrogen-bond acceptors (Lipinski definition) is 6. The minimum atomic E-state index is -3.43. The van der Waals surface area contributed by atoms with Gasteiger partial charge in [0.2, 0.25) is 5.12 Å². The van der Waals surface area contributed by atoms with E-state index in [1.165, 1.54) is 0 Å². The van der Waals surface area contributed by atoms with Crippen molar-refractivity contribution in [1.82, 2.24) is 0 Å². The number of hydrogen-bond donors (Lipinski definition) is 2. The van der Waals surface area contributed by atoms with Gasteiger partial charge in [-0.25, -0.2) is 0 Å². The summed E-state index contributed by atoms with van der Waals surface area (Å²) in [6.45, 7) is 0.0300. The van der Waals surface area contributed by atoms with Gasteiger partial charge in [0.25, 0.3) is 10.1 Å². The molecule has 1 heterocycles. The van der Waals surface area contributed by atoms with Gasteiger partial charge in [0, 0.05) is 6.42 Å². The lowest BCUT2D eigenvalue weighted by Gasteiger charge is -2.31. The van der Waals surface area contributed by atoms with Gasteiger partial charge in [-0.05, 0) is 18.1 Å². The lowest BCUT2D eigenvalue weighted by Crippen LogP contribution is -2.34. The van der Waals surface area contributed by atoms with E-state index in [9.17, 15) is 18.6 Å². The Morgan fingerprint density at radius 3 is 2.71 bits per heavy atom. The monoisotopic (exact) mass is 242 g/mol. The molecule has 0 aromatic rings. The van der Waals surface area contributed by atoms with Gasteiger partial charge in [-0.15, -0.1) is 0 Å². The van der Waals surface area contributed by atoms with Crippen LogP contribution in [0.15, 0.2) is 0 Å². The molecule has 5 nitrogen and oxygen atoms in total. The maximum Gasteiger partial charge on any atom is 0.264 e. The third-order valence-corrected chi connectivity index (χ3v) is 3.56. The zero-order chi connectivity index (χ0) is 10.8. The van der Waals surface area contributed by atoms with Crippen molar-refractivity contribution in [2.75, 3.05) is 18.6 Å². The lowest BCUT2D eigenvalue weighted by molar-refractivity contribution is -0.0978. The fourth-order valence-corrected chi connectivity index (χ4v) is 2.86. The van der Waals surface area contributed by atoms with Crippen LogP contribution in [0.3, 0.4) is 0 Å². The zero-order valence-corrected chi connectivity index (χ0v) is 9.47. The Bertz CT molecular complexity index is 284. The van der Waals surface area contributed by atoms with E-state index in [0.29, 0.717) is 5.75 Å². The fraction of sp³-hybridized carbons (Fsp3) is 1.00. The average molecular weight is 242 g/mol. The Morgan fingerprint density at radius 1 is 1.57 bits per heavy atom. The first-order chi connectivity index (χ1) is 6.29. The van der Waals surface area contributed by atoms with Gasteiger partial charge in [-0.3, -0.25) is 4.18 Å². The van der Waals surface area contributed by atoms with E-state index in [-0.39, 0.29) is 18.9 Å². The average Bonchev–Trinajstić information content (AvgIpc) is 1.98. The number of thioether (sulfide) groups is 1. The van der Waals surface area contributed by atoms with Crippen LogP contribution in [0.1, 0.15) is 12.8 Å². The summed E-state index contributed by atoms with van der Waals surface area (Å²) in [5, 5.41) is 16.8. The Balaban J connectivity index is 2.39. The van der Waals surface area contributed by atoms with Gasteiger partial charge in [0.15, 0.2) is 0 Å². The molecule has 14 heavy (non-hydrogen) atoms. The molecule has 1 unspecified atom stereocenters. The van der Waals surface area contributed by atoms with E-state index in [4.69, 9.17) is 0 Å². The van der Waals surface area contributed by atoms with Crippen LogP contribution in [0.25, 0.3) is 0 Å². The highest BCUT2D eigenvalue weighted by Gasteiger charge is 2.33. The molecule has 0 aromatic carbocycles. The van der Waals surface area contributed by atoms with Crippen LogP contribution >= 0.6 is 11.8 Å². The van der Waals surface area contributed by atoms with Crippen LogP contribution in [0.5, 0.6) is 0 Å². The van der Waals surface area contributed by atoms with E-state index in [1.807, 2.05) is 0 Å². The first-order valence-electron chi connectivity index (χ1n) is 4.22. The van der Waals surface area contributed by atoms with Crippen LogP contribution in [0, 0.1) is 5.92 Å². The van der Waals surface area contributed by atoms with Gasteiger partial charge in [0.05, 0.1) is 12.9 Å². The van der Waals surface area contributed by atoms with Gasteiger partial charge >= 0.3 is 0 Å². The van der Waals surface area contributed by atoms with E-state index in [0.717, 1.165) is 24.4 Å². The van der Waals surface area contributed by atoms with Gasteiger partial charge < -0.3 is 10.2 Å². The third kappa shape index (κ3) is 4.61. The normalized spacial score (nSPS) is 27.5. The largest absolute Gasteiger partial charge is 0.357 e. The van der Waals surface area contributed by atoms with E-state index in [2.05, 4.69) is 4.18 Å². The molecule has 1 aliphatic rings. The Kier molecular flexibility index (Phi) is 3.81. The second-order valence-corrected chi connectivity index (χ2v) is 6.43. The minimum Gasteiger partial charge on any atom is -0.357 e. The second-order valence-electron chi connectivity index (χ2n) is 3.44. The SMILES string of the molecule is CS(=O)(=O)OCC1CCSC(O)(O)C1. The quantitative estimate of drug-likeness (QED) is 0.524. The van der Waals surface area contributed by atoms with Crippen molar-refractivity contribution in [3.05, 3.63) is 0 Å². The molecule has 2 N–H and O–H groups in total. The van der Waals surface area contributed by atoms with Crippen LogP contribution in [-0.4, -0.2) is 42.4 Å². The Hall–Kier alpha value is 0.180. The second kappa shape index (κ2) is 4.36. The van der Waals surface area contributed by atoms with E-state index >= 15 is 0 Å². The third-order valence-electron chi connectivity index (χ3n) is 1.93. The lowest BCUT2D eigenvalue weighted by atomic mass is 10.0. The first-order valence-corrected chi connectivity index (χ1v) is 7.02. The van der Waals surface area contributed by atoms with Gasteiger partial charge in [-0.1, -0.05) is 11.8 Å². The van der Waals surface area contributed by atoms with Crippen molar-refractivity contribution in [3.8, 4) is 0 Å². The van der Waals surface area contributed by atoms with Crippen molar-refractivity contribution in [1.29, 1.82) is 0 Å². The van der Waals surface area contributed by atoms with E-state index < -0.39 is 15.2 Å². The molecule has 1 atom stereocenters. The molecule has 0 radical (unpaired) electrons. The molecule has 1 rings (SSSR count). The summed E-state index contributed by atoms with van der Waals surface area (Å²) in [5.74, 6) is 0.492. The molecule has 0 spiro atoms. The van der Waals surface area contributed by atoms with Gasteiger partial charge in [0.1, 0.15) is 0 Å². The summed E-state index contributed by atoms with van der Waals surface area (Å²) < 4.78 is 26.0. The van der Waals surface area contributed by atoms with Crippen molar-refractivity contribution in [2.24, 2.45) is 5.92 Å². The molecule has 0 bridgehead atoms. The molecule has 1 fully saturated rings. The Labute approximate surface area is 87.6 Å². The highest BCUT2D eigenvalue weighted by atomic mass is 32.2. The zero-order valence-electron chi connectivity index (χ0n) is 7.84. The van der Waals surface area contributed by atoms with Crippen molar-refractivity contribution >= 4 is 21.9 Å². The predicted molar refractivity (Wildman–Crippen MR) is 53.1 cm³/mol. The molecule has 0 aromatic heterocycles. The van der Waals surface area contributed by atoms with E-state index in [1.54, 1.807) is 0 Å². The topological polar surface area (TPSA) is 83.8 Å².